The Kier molecular flexibility index (Phi) is 11.1. The van der Waals surface area contributed by atoms with Gasteiger partial charge < -0.3 is 31.9 Å². The molecule has 53 heavy (non-hydrogen) atoms. The third-order valence-electron chi connectivity index (χ3n) is 11.2. The van der Waals surface area contributed by atoms with Crippen molar-refractivity contribution in [3.05, 3.63) is 92.0 Å². The molecule has 3 aliphatic rings. The number of nitrogens with zero attached hydrogens (tertiary/aromatic N) is 1. The number of aliphatic hydroxyl groups excluding tert-OH is 1. The number of carbonyl (C=O) groups is 1. The number of anilines is 1. The minimum Gasteiger partial charge on any atom is -0.508 e. The molecule has 0 spiro atoms. The number of thiophene rings is 2. The Morgan fingerprint density at radius 1 is 1.06 bits per heavy atom. The second kappa shape index (κ2) is 15.9. The van der Waals surface area contributed by atoms with Crippen molar-refractivity contribution >= 4 is 51.8 Å². The molecule has 0 bridgehead atoms. The van der Waals surface area contributed by atoms with Gasteiger partial charge in [-0.05, 0) is 122 Å². The number of ketones is 1. The second-order valence-corrected chi connectivity index (χ2v) is 16.8. The molecule has 2 heterocycles. The van der Waals surface area contributed by atoms with Gasteiger partial charge in [0, 0.05) is 59.5 Å². The summed E-state index contributed by atoms with van der Waals surface area (Å²) in [4.78, 5) is 23.1. The van der Waals surface area contributed by atoms with E-state index in [-0.39, 0.29) is 47.2 Å². The summed E-state index contributed by atoms with van der Waals surface area (Å²) >= 11 is 3.25. The summed E-state index contributed by atoms with van der Waals surface area (Å²) in [5.41, 5.74) is 10.9. The number of benzene rings is 2. The molecular formula is C43H49N5O3S2. The van der Waals surface area contributed by atoms with Crippen molar-refractivity contribution in [2.24, 2.45) is 34.4 Å². The number of Topliss-reactive ketones (excluding diaryl/α,β-unsaturated/α-hetero) is 1. The molecule has 2 saturated carbocycles. The van der Waals surface area contributed by atoms with E-state index in [4.69, 9.17) is 5.73 Å². The van der Waals surface area contributed by atoms with Crippen LogP contribution in [0.4, 0.5) is 5.69 Å². The molecule has 2 fully saturated rings. The molecule has 0 radical (unpaired) electrons. The van der Waals surface area contributed by atoms with Crippen LogP contribution in [-0.2, 0) is 6.54 Å². The normalized spacial score (nSPS) is 24.1. The molecule has 0 amide bonds. The van der Waals surface area contributed by atoms with Crippen molar-refractivity contribution in [2.75, 3.05) is 26.0 Å². The predicted octanol–water partition coefficient (Wildman–Crippen LogP) is 5.63. The largest absolute Gasteiger partial charge is 0.508 e. The van der Waals surface area contributed by atoms with Gasteiger partial charge in [0.1, 0.15) is 5.75 Å². The molecule has 276 valence electrons. The van der Waals surface area contributed by atoms with E-state index < -0.39 is 6.10 Å². The maximum absolute atomic E-state index is 14.7. The second-order valence-electron chi connectivity index (χ2n) is 14.6. The van der Waals surface area contributed by atoms with Crippen molar-refractivity contribution < 1.29 is 15.0 Å². The van der Waals surface area contributed by atoms with Gasteiger partial charge in [-0.15, -0.1) is 28.6 Å². The SMILES string of the molecule is CC#Cc1ccc(-c2ccc(C(=O)[C@H]3CC[C@H]4[C@@H](NC(N)=NC)[C@H](c5cc(O)cc(NC[C@H](C)O)c5)CCC5=c6ccc(CNC)cc6=C[C@H]3[C@@H]54)s2)s1. The molecule has 0 saturated heterocycles. The number of carbonyl (C=O) groups excluding carboxylic acids is 1. The third kappa shape index (κ3) is 7.67. The van der Waals surface area contributed by atoms with Crippen LogP contribution >= 0.6 is 22.7 Å². The smallest absolute Gasteiger partial charge is 0.188 e. The summed E-state index contributed by atoms with van der Waals surface area (Å²) < 4.78 is 0. The van der Waals surface area contributed by atoms with Crippen LogP contribution in [0.15, 0.2) is 65.7 Å². The van der Waals surface area contributed by atoms with Crippen molar-refractivity contribution in [2.45, 2.75) is 64.1 Å². The zero-order valence-corrected chi connectivity index (χ0v) is 32.4. The number of fused-ring (bicyclic) bond motifs is 1. The summed E-state index contributed by atoms with van der Waals surface area (Å²) in [5.74, 6) is 7.07. The van der Waals surface area contributed by atoms with Gasteiger partial charge in [-0.3, -0.25) is 9.79 Å². The number of aromatic hydroxyl groups is 1. The number of guanidine groups is 1. The number of nitrogens with one attached hydrogen (secondary N) is 3. The molecule has 10 heteroatoms. The Morgan fingerprint density at radius 3 is 2.64 bits per heavy atom. The van der Waals surface area contributed by atoms with Crippen molar-refractivity contribution in [3.63, 3.8) is 0 Å². The number of nitrogens with two attached hydrogens (primary N) is 1. The molecule has 4 aromatic rings. The zero-order valence-electron chi connectivity index (χ0n) is 30.8. The Hall–Kier alpha value is -4.40. The monoisotopic (exact) mass is 747 g/mol. The van der Waals surface area contributed by atoms with E-state index in [1.165, 1.54) is 21.6 Å². The number of aliphatic hydroxyl groups is 1. The minimum atomic E-state index is -0.530. The molecule has 0 aliphatic heterocycles. The van der Waals surface area contributed by atoms with E-state index >= 15 is 0 Å². The number of hydrogen-bond donors (Lipinski definition) is 6. The summed E-state index contributed by atoms with van der Waals surface area (Å²) in [7, 11) is 3.67. The van der Waals surface area contributed by atoms with Crippen LogP contribution in [0.5, 0.6) is 5.75 Å². The van der Waals surface area contributed by atoms with Crippen LogP contribution in [0.3, 0.4) is 0 Å². The molecule has 7 N–H and O–H groups in total. The first-order chi connectivity index (χ1) is 25.7. The van der Waals surface area contributed by atoms with Crippen LogP contribution in [-0.4, -0.2) is 54.7 Å². The molecular weight excluding hydrogens is 699 g/mol. The zero-order chi connectivity index (χ0) is 37.2. The lowest BCUT2D eigenvalue weighted by Crippen LogP contribution is -2.53. The lowest BCUT2D eigenvalue weighted by Gasteiger charge is -2.47. The average molecular weight is 748 g/mol. The van der Waals surface area contributed by atoms with E-state index in [2.05, 4.69) is 81.3 Å². The van der Waals surface area contributed by atoms with Gasteiger partial charge in [0.2, 0.25) is 0 Å². The quantitative estimate of drug-likeness (QED) is 0.0537. The van der Waals surface area contributed by atoms with Crippen LogP contribution in [0, 0.1) is 35.5 Å². The molecule has 0 unspecified atom stereocenters. The van der Waals surface area contributed by atoms with Gasteiger partial charge in [-0.2, -0.15) is 0 Å². The predicted molar refractivity (Wildman–Crippen MR) is 219 cm³/mol. The highest BCUT2D eigenvalue weighted by Gasteiger charge is 2.50. The highest BCUT2D eigenvalue weighted by atomic mass is 32.1. The first-order valence-electron chi connectivity index (χ1n) is 18.6. The average Bonchev–Trinajstić information content (AvgIpc) is 3.80. The van der Waals surface area contributed by atoms with E-state index in [0.29, 0.717) is 12.5 Å². The Bertz CT molecular complexity index is 2210. The Labute approximate surface area is 320 Å². The van der Waals surface area contributed by atoms with Crippen LogP contribution in [0.25, 0.3) is 21.4 Å². The third-order valence-corrected chi connectivity index (χ3v) is 13.5. The number of hydrogen-bond acceptors (Lipinski definition) is 8. The van der Waals surface area contributed by atoms with Crippen molar-refractivity contribution in [1.82, 2.24) is 10.6 Å². The van der Waals surface area contributed by atoms with Gasteiger partial charge in [-0.25, -0.2) is 0 Å². The van der Waals surface area contributed by atoms with Gasteiger partial charge in [0.05, 0.1) is 15.9 Å². The van der Waals surface area contributed by atoms with Gasteiger partial charge in [0.25, 0.3) is 0 Å². The Balaban J connectivity index is 1.31. The maximum atomic E-state index is 14.7. The minimum absolute atomic E-state index is 0.00505. The van der Waals surface area contributed by atoms with Crippen molar-refractivity contribution in [3.8, 4) is 27.3 Å². The summed E-state index contributed by atoms with van der Waals surface area (Å²) in [6.45, 7) is 4.73. The van der Waals surface area contributed by atoms with Gasteiger partial charge in [-0.1, -0.05) is 35.8 Å². The van der Waals surface area contributed by atoms with Crippen LogP contribution in [0.1, 0.15) is 71.1 Å². The molecule has 7 rings (SSSR count). The number of phenolic OH excluding ortho intramolecular Hbond substituents is 1. The van der Waals surface area contributed by atoms with E-state index in [0.717, 1.165) is 63.0 Å². The summed E-state index contributed by atoms with van der Waals surface area (Å²) in [5, 5.41) is 33.6. The lowest BCUT2D eigenvalue weighted by atomic mass is 9.59. The summed E-state index contributed by atoms with van der Waals surface area (Å²) in [6, 6.07) is 20.6. The molecule has 7 atom stereocenters. The molecule has 2 aromatic heterocycles. The van der Waals surface area contributed by atoms with Crippen LogP contribution < -0.4 is 32.1 Å². The fourth-order valence-corrected chi connectivity index (χ4v) is 11.0. The van der Waals surface area contributed by atoms with Crippen molar-refractivity contribution in [1.29, 1.82) is 0 Å². The summed E-state index contributed by atoms with van der Waals surface area (Å²) in [6.07, 6.45) is 5.17. The lowest BCUT2D eigenvalue weighted by molar-refractivity contribution is 0.0757. The molecule has 8 nitrogen and oxygen atoms in total. The molecule has 3 aliphatic carbocycles. The van der Waals surface area contributed by atoms with E-state index in [9.17, 15) is 15.0 Å². The number of rotatable bonds is 10. The highest BCUT2D eigenvalue weighted by Crippen LogP contribution is 2.53. The number of aliphatic imine (C=N–C) groups is 1. The first kappa shape index (κ1) is 36.9. The fourth-order valence-electron chi connectivity index (χ4n) is 9.01. The van der Waals surface area contributed by atoms with E-state index in [1.807, 2.05) is 26.1 Å². The standard InChI is InChI=1S/C43H49N5O3S2/c1-5-6-30-8-14-37(52-30)38-15-16-39(53-38)42(51)34-12-13-35-40-33(31-9-7-25(23-45-3)17-26(31)20-36(34)40)11-10-32(41(35)48-43(44)46-4)27-18-28(21-29(50)19-27)47-22-24(2)49/h7-9,14-21,24,32,34-36,40-41,45,47,49-50H,10-13,22-23H2,1-4H3,(H3,44,46,48)/t24-,32-,34-,35+,36+,40-,41-/m0/s1. The Morgan fingerprint density at radius 2 is 1.87 bits per heavy atom. The fraction of sp³-hybridized carbons (Fsp3) is 0.395. The topological polar surface area (TPSA) is 132 Å². The molecule has 2 aromatic carbocycles. The number of phenols is 1. The van der Waals surface area contributed by atoms with E-state index in [1.54, 1.807) is 42.7 Å². The van der Waals surface area contributed by atoms with Gasteiger partial charge in [0.15, 0.2) is 11.7 Å². The van der Waals surface area contributed by atoms with Gasteiger partial charge >= 0.3 is 0 Å². The first-order valence-corrected chi connectivity index (χ1v) is 20.2. The van der Waals surface area contributed by atoms with Crippen LogP contribution in [0.2, 0.25) is 0 Å². The maximum Gasteiger partial charge on any atom is 0.188 e. The highest BCUT2D eigenvalue weighted by molar-refractivity contribution is 7.23.